The molecule has 0 bridgehead atoms. The number of hydrogen-bond donors (Lipinski definition) is 0. The van der Waals surface area contributed by atoms with Crippen LogP contribution in [0.5, 0.6) is 0 Å². The Labute approximate surface area is 74.0 Å². The van der Waals surface area contributed by atoms with Gasteiger partial charge >= 0.3 is 0 Å². The van der Waals surface area contributed by atoms with Crippen LogP contribution in [0.15, 0.2) is 17.3 Å². The van der Waals surface area contributed by atoms with Crippen molar-refractivity contribution in [2.45, 2.75) is 5.03 Å². The van der Waals surface area contributed by atoms with Crippen LogP contribution in [0.4, 0.5) is 0 Å². The molecule has 0 N–H and O–H groups in total. The standard InChI is InChI=1S/C7H6ClNOS/c1-11-7-6(8)5(4-10)2-3-9-7/h2-4H,1H3. The van der Waals surface area contributed by atoms with Gasteiger partial charge in [-0.25, -0.2) is 4.98 Å². The maximum atomic E-state index is 10.4. The minimum absolute atomic E-state index is 0.440. The third kappa shape index (κ3) is 1.73. The van der Waals surface area contributed by atoms with Crippen molar-refractivity contribution in [3.8, 4) is 0 Å². The lowest BCUT2D eigenvalue weighted by atomic mass is 10.3. The predicted octanol–water partition coefficient (Wildman–Crippen LogP) is 2.27. The molecular formula is C7H6ClNOS. The predicted molar refractivity (Wildman–Crippen MR) is 46.4 cm³/mol. The molecule has 0 atom stereocenters. The third-order valence-corrected chi connectivity index (χ3v) is 2.41. The number of carbonyl (C=O) groups is 1. The van der Waals surface area contributed by atoms with Crippen molar-refractivity contribution in [3.63, 3.8) is 0 Å². The van der Waals surface area contributed by atoms with E-state index in [2.05, 4.69) is 4.98 Å². The molecule has 0 aliphatic heterocycles. The Morgan fingerprint density at radius 1 is 1.73 bits per heavy atom. The van der Waals surface area contributed by atoms with E-state index in [0.29, 0.717) is 15.6 Å². The highest BCUT2D eigenvalue weighted by Gasteiger charge is 2.04. The quantitative estimate of drug-likeness (QED) is 0.526. The first-order valence-corrected chi connectivity index (χ1v) is 4.53. The lowest BCUT2D eigenvalue weighted by molar-refractivity contribution is 0.112. The number of nitrogens with zero attached hydrogens (tertiary/aromatic N) is 1. The van der Waals surface area contributed by atoms with E-state index in [1.54, 1.807) is 12.3 Å². The van der Waals surface area contributed by atoms with E-state index in [-0.39, 0.29) is 0 Å². The van der Waals surface area contributed by atoms with Crippen LogP contribution in [0.3, 0.4) is 0 Å². The van der Waals surface area contributed by atoms with E-state index in [4.69, 9.17) is 11.6 Å². The molecule has 0 radical (unpaired) electrons. The maximum Gasteiger partial charge on any atom is 0.151 e. The fraction of sp³-hybridized carbons (Fsp3) is 0.143. The Kier molecular flexibility index (Phi) is 2.91. The number of halogens is 1. The van der Waals surface area contributed by atoms with Crippen molar-refractivity contribution < 1.29 is 4.79 Å². The largest absolute Gasteiger partial charge is 0.298 e. The van der Waals surface area contributed by atoms with Crippen molar-refractivity contribution in [1.29, 1.82) is 0 Å². The third-order valence-electron chi connectivity index (χ3n) is 1.21. The highest BCUT2D eigenvalue weighted by Crippen LogP contribution is 2.24. The van der Waals surface area contributed by atoms with Gasteiger partial charge in [0.15, 0.2) is 6.29 Å². The molecule has 4 heteroatoms. The normalized spacial score (nSPS) is 9.64. The molecule has 0 aliphatic carbocycles. The SMILES string of the molecule is CSc1nccc(C=O)c1Cl. The average Bonchev–Trinajstić information content (AvgIpc) is 2.05. The fourth-order valence-corrected chi connectivity index (χ4v) is 1.52. The molecule has 1 heterocycles. The van der Waals surface area contributed by atoms with Crippen molar-refractivity contribution in [2.75, 3.05) is 6.26 Å². The summed E-state index contributed by atoms with van der Waals surface area (Å²) in [6.07, 6.45) is 4.16. The maximum absolute atomic E-state index is 10.4. The van der Waals surface area contributed by atoms with Crippen molar-refractivity contribution in [1.82, 2.24) is 4.98 Å². The molecule has 0 amide bonds. The first-order valence-electron chi connectivity index (χ1n) is 2.93. The summed E-state index contributed by atoms with van der Waals surface area (Å²) in [5.41, 5.74) is 0.492. The van der Waals surface area contributed by atoms with Gasteiger partial charge in [-0.1, -0.05) is 11.6 Å². The van der Waals surface area contributed by atoms with Crippen LogP contribution in [-0.4, -0.2) is 17.5 Å². The lowest BCUT2D eigenvalue weighted by Crippen LogP contribution is -1.86. The van der Waals surface area contributed by atoms with Gasteiger partial charge in [0.25, 0.3) is 0 Å². The van der Waals surface area contributed by atoms with Gasteiger partial charge in [-0.15, -0.1) is 11.8 Å². The van der Waals surface area contributed by atoms with E-state index in [1.807, 2.05) is 6.26 Å². The molecule has 1 rings (SSSR count). The van der Waals surface area contributed by atoms with Crippen LogP contribution < -0.4 is 0 Å². The van der Waals surface area contributed by atoms with Crippen LogP contribution in [0.2, 0.25) is 5.02 Å². The van der Waals surface area contributed by atoms with Crippen molar-refractivity contribution in [2.24, 2.45) is 0 Å². The number of carbonyl (C=O) groups excluding carboxylic acids is 1. The summed E-state index contributed by atoms with van der Waals surface area (Å²) in [5, 5.41) is 1.13. The number of pyridine rings is 1. The van der Waals surface area contributed by atoms with Gasteiger partial charge in [0, 0.05) is 11.8 Å². The van der Waals surface area contributed by atoms with E-state index in [1.165, 1.54) is 11.8 Å². The van der Waals surface area contributed by atoms with Crippen molar-refractivity contribution >= 4 is 29.6 Å². The number of aromatic nitrogens is 1. The summed E-state index contributed by atoms with van der Waals surface area (Å²) >= 11 is 7.22. The molecule has 0 aromatic carbocycles. The van der Waals surface area contributed by atoms with E-state index in [0.717, 1.165) is 6.29 Å². The van der Waals surface area contributed by atoms with E-state index >= 15 is 0 Å². The molecule has 0 saturated carbocycles. The monoisotopic (exact) mass is 187 g/mol. The van der Waals surface area contributed by atoms with Gasteiger partial charge in [-0.2, -0.15) is 0 Å². The molecular weight excluding hydrogens is 182 g/mol. The highest BCUT2D eigenvalue weighted by molar-refractivity contribution is 7.98. The van der Waals surface area contributed by atoms with Gasteiger partial charge in [0.2, 0.25) is 0 Å². The van der Waals surface area contributed by atoms with Crippen LogP contribution in [0.1, 0.15) is 10.4 Å². The Balaban J connectivity index is 3.20. The molecule has 58 valence electrons. The van der Waals surface area contributed by atoms with Crippen LogP contribution >= 0.6 is 23.4 Å². The van der Waals surface area contributed by atoms with Gasteiger partial charge in [-0.05, 0) is 12.3 Å². The van der Waals surface area contributed by atoms with Gasteiger partial charge < -0.3 is 0 Å². The highest BCUT2D eigenvalue weighted by atomic mass is 35.5. The second-order valence-electron chi connectivity index (χ2n) is 1.84. The van der Waals surface area contributed by atoms with Gasteiger partial charge in [-0.3, -0.25) is 4.79 Å². The van der Waals surface area contributed by atoms with Crippen LogP contribution in [0, 0.1) is 0 Å². The van der Waals surface area contributed by atoms with Gasteiger partial charge in [0.05, 0.1) is 5.02 Å². The second kappa shape index (κ2) is 3.74. The Morgan fingerprint density at radius 2 is 2.45 bits per heavy atom. The van der Waals surface area contributed by atoms with Crippen molar-refractivity contribution in [3.05, 3.63) is 22.8 Å². The molecule has 1 aromatic heterocycles. The minimum Gasteiger partial charge on any atom is -0.298 e. The van der Waals surface area contributed by atoms with Crippen LogP contribution in [0.25, 0.3) is 0 Å². The topological polar surface area (TPSA) is 30.0 Å². The molecule has 0 fully saturated rings. The van der Waals surface area contributed by atoms with E-state index in [9.17, 15) is 4.79 Å². The zero-order valence-electron chi connectivity index (χ0n) is 5.87. The average molecular weight is 188 g/mol. The summed E-state index contributed by atoms with van der Waals surface area (Å²) in [7, 11) is 0. The molecule has 0 aliphatic rings. The minimum atomic E-state index is 0.440. The first-order chi connectivity index (χ1) is 5.29. The Hall–Kier alpha value is -0.540. The molecule has 1 aromatic rings. The van der Waals surface area contributed by atoms with E-state index < -0.39 is 0 Å². The molecule has 0 unspecified atom stereocenters. The summed E-state index contributed by atoms with van der Waals surface area (Å²) < 4.78 is 0. The zero-order valence-corrected chi connectivity index (χ0v) is 7.45. The Morgan fingerprint density at radius 3 is 3.00 bits per heavy atom. The molecule has 0 saturated heterocycles. The van der Waals surface area contributed by atoms with Gasteiger partial charge in [0.1, 0.15) is 5.03 Å². The summed E-state index contributed by atoms with van der Waals surface area (Å²) in [5.74, 6) is 0. The summed E-state index contributed by atoms with van der Waals surface area (Å²) in [6, 6.07) is 1.59. The number of hydrogen-bond acceptors (Lipinski definition) is 3. The summed E-state index contributed by atoms with van der Waals surface area (Å²) in [4.78, 5) is 14.4. The fourth-order valence-electron chi connectivity index (χ4n) is 0.672. The Bertz CT molecular complexity index is 277. The smallest absolute Gasteiger partial charge is 0.151 e. The van der Waals surface area contributed by atoms with Crippen LogP contribution in [-0.2, 0) is 0 Å². The number of aldehydes is 1. The second-order valence-corrected chi connectivity index (χ2v) is 3.01. The molecule has 2 nitrogen and oxygen atoms in total. The summed E-state index contributed by atoms with van der Waals surface area (Å²) in [6.45, 7) is 0. The first kappa shape index (κ1) is 8.56. The molecule has 11 heavy (non-hydrogen) atoms. The number of rotatable bonds is 2. The lowest BCUT2D eigenvalue weighted by Gasteiger charge is -1.99. The number of thioether (sulfide) groups is 1. The molecule has 0 spiro atoms. The zero-order chi connectivity index (χ0) is 8.27.